The minimum atomic E-state index is -4.75. The number of nitrogens with one attached hydrogen (secondary N) is 1. The summed E-state index contributed by atoms with van der Waals surface area (Å²) in [4.78, 5) is 11.3. The molecule has 3 rings (SSSR count). The molecule has 10 heteroatoms. The Labute approximate surface area is 155 Å². The maximum Gasteiger partial charge on any atom is 0.433 e. The van der Waals surface area contributed by atoms with E-state index in [1.165, 1.54) is 12.3 Å². The van der Waals surface area contributed by atoms with Gasteiger partial charge >= 0.3 is 6.18 Å². The van der Waals surface area contributed by atoms with E-state index in [-0.39, 0.29) is 17.3 Å². The van der Waals surface area contributed by atoms with E-state index in [2.05, 4.69) is 20.3 Å². The monoisotopic (exact) mass is 396 g/mol. The van der Waals surface area contributed by atoms with Crippen molar-refractivity contribution in [1.82, 2.24) is 15.0 Å². The summed E-state index contributed by atoms with van der Waals surface area (Å²) < 4.78 is 66.9. The van der Waals surface area contributed by atoms with Crippen LogP contribution in [0.15, 0.2) is 48.7 Å². The zero-order chi connectivity index (χ0) is 20.3. The molecule has 3 aromatic rings. The lowest BCUT2D eigenvalue weighted by atomic mass is 10.1. The molecule has 0 saturated heterocycles. The van der Waals surface area contributed by atoms with Crippen LogP contribution in [0.3, 0.4) is 0 Å². The van der Waals surface area contributed by atoms with Crippen LogP contribution in [0.5, 0.6) is 0 Å². The Morgan fingerprint density at radius 3 is 2.32 bits per heavy atom. The largest absolute Gasteiger partial charge is 0.433 e. The Balaban J connectivity index is 1.89. The average molecular weight is 396 g/mol. The van der Waals surface area contributed by atoms with Gasteiger partial charge in [-0.25, -0.2) is 18.7 Å². The van der Waals surface area contributed by atoms with E-state index in [0.717, 1.165) is 18.2 Å². The number of hydrogen-bond donors (Lipinski definition) is 2. The SMILES string of the molecule is OC(CNc1cc(C(F)(F)F)nc(-c2ccccn2)n1)c1c(F)cccc1F. The van der Waals surface area contributed by atoms with Gasteiger partial charge in [0, 0.05) is 18.8 Å². The van der Waals surface area contributed by atoms with E-state index in [0.29, 0.717) is 6.07 Å². The number of nitrogens with zero attached hydrogens (tertiary/aromatic N) is 3. The number of aromatic nitrogens is 3. The first-order valence-electron chi connectivity index (χ1n) is 7.99. The van der Waals surface area contributed by atoms with Crippen LogP contribution in [0.4, 0.5) is 27.8 Å². The highest BCUT2D eigenvalue weighted by Crippen LogP contribution is 2.30. The number of hydrogen-bond acceptors (Lipinski definition) is 5. The van der Waals surface area contributed by atoms with Gasteiger partial charge in [-0.2, -0.15) is 13.2 Å². The summed E-state index contributed by atoms with van der Waals surface area (Å²) in [5, 5.41) is 12.5. The standard InChI is InChI=1S/C18H13F5N4O/c19-10-4-3-5-11(20)16(10)13(28)9-25-15-8-14(18(21,22)23)26-17(27-15)12-6-1-2-7-24-12/h1-8,13,28H,9H2,(H,25,26,27). The molecule has 0 aliphatic heterocycles. The minimum absolute atomic E-state index is 0.109. The number of aliphatic hydroxyl groups excluding tert-OH is 1. The van der Waals surface area contributed by atoms with Gasteiger partial charge in [-0.05, 0) is 24.3 Å². The van der Waals surface area contributed by atoms with Gasteiger partial charge in [0.05, 0.1) is 5.56 Å². The molecule has 0 radical (unpaired) electrons. The molecule has 0 aliphatic rings. The first kappa shape index (κ1) is 19.6. The Hall–Kier alpha value is -3.14. The van der Waals surface area contributed by atoms with Gasteiger partial charge in [0.15, 0.2) is 11.5 Å². The Morgan fingerprint density at radius 2 is 1.71 bits per heavy atom. The van der Waals surface area contributed by atoms with Gasteiger partial charge in [-0.3, -0.25) is 4.98 Å². The highest BCUT2D eigenvalue weighted by atomic mass is 19.4. The first-order chi connectivity index (χ1) is 13.3. The molecule has 2 heterocycles. The number of anilines is 1. The normalized spacial score (nSPS) is 12.6. The molecule has 1 unspecified atom stereocenters. The van der Waals surface area contributed by atoms with Crippen LogP contribution in [0, 0.1) is 11.6 Å². The van der Waals surface area contributed by atoms with Crippen LogP contribution in [0.25, 0.3) is 11.5 Å². The lowest BCUT2D eigenvalue weighted by Crippen LogP contribution is -2.17. The van der Waals surface area contributed by atoms with E-state index in [1.54, 1.807) is 12.1 Å². The summed E-state index contributed by atoms with van der Waals surface area (Å²) in [5.74, 6) is -2.51. The molecule has 0 spiro atoms. The van der Waals surface area contributed by atoms with Crippen molar-refractivity contribution in [3.05, 3.63) is 71.6 Å². The Kier molecular flexibility index (Phi) is 5.50. The van der Waals surface area contributed by atoms with Crippen molar-refractivity contribution in [2.45, 2.75) is 12.3 Å². The molecular formula is C18H13F5N4O. The maximum absolute atomic E-state index is 13.7. The van der Waals surface area contributed by atoms with E-state index in [9.17, 15) is 27.1 Å². The van der Waals surface area contributed by atoms with Gasteiger partial charge in [0.25, 0.3) is 0 Å². The summed E-state index contributed by atoms with van der Waals surface area (Å²) in [5.41, 5.74) is -1.71. The number of aliphatic hydroxyl groups is 1. The van der Waals surface area contributed by atoms with E-state index >= 15 is 0 Å². The van der Waals surface area contributed by atoms with Gasteiger partial charge in [-0.15, -0.1) is 0 Å². The van der Waals surface area contributed by atoms with Crippen molar-refractivity contribution >= 4 is 5.82 Å². The molecule has 28 heavy (non-hydrogen) atoms. The number of alkyl halides is 3. The third-order valence-electron chi connectivity index (χ3n) is 3.72. The van der Waals surface area contributed by atoms with Crippen molar-refractivity contribution in [1.29, 1.82) is 0 Å². The van der Waals surface area contributed by atoms with Crippen LogP contribution in [-0.4, -0.2) is 26.6 Å². The molecule has 0 bridgehead atoms. The fraction of sp³-hybridized carbons (Fsp3) is 0.167. The van der Waals surface area contributed by atoms with Gasteiger partial charge in [0.2, 0.25) is 0 Å². The molecule has 0 saturated carbocycles. The van der Waals surface area contributed by atoms with Crippen LogP contribution in [-0.2, 0) is 6.18 Å². The van der Waals surface area contributed by atoms with E-state index in [4.69, 9.17) is 0 Å². The van der Waals surface area contributed by atoms with Gasteiger partial charge in [-0.1, -0.05) is 12.1 Å². The average Bonchev–Trinajstić information content (AvgIpc) is 2.66. The molecule has 2 aromatic heterocycles. The van der Waals surface area contributed by atoms with Crippen LogP contribution in [0.1, 0.15) is 17.4 Å². The molecule has 1 aromatic carbocycles. The number of pyridine rings is 1. The van der Waals surface area contributed by atoms with Crippen LogP contribution < -0.4 is 5.32 Å². The van der Waals surface area contributed by atoms with Crippen molar-refractivity contribution < 1.29 is 27.1 Å². The zero-order valence-corrected chi connectivity index (χ0v) is 14.1. The van der Waals surface area contributed by atoms with Gasteiger partial charge < -0.3 is 10.4 Å². The molecule has 1 atom stereocenters. The molecule has 0 aliphatic carbocycles. The van der Waals surface area contributed by atoms with E-state index < -0.39 is 41.7 Å². The summed E-state index contributed by atoms with van der Waals surface area (Å²) in [6, 6.07) is 8.27. The summed E-state index contributed by atoms with van der Waals surface area (Å²) in [7, 11) is 0. The molecule has 2 N–H and O–H groups in total. The second-order valence-corrected chi connectivity index (χ2v) is 5.71. The second kappa shape index (κ2) is 7.85. The van der Waals surface area contributed by atoms with Crippen LogP contribution >= 0.6 is 0 Å². The fourth-order valence-corrected chi connectivity index (χ4v) is 2.42. The molecule has 0 fully saturated rings. The molecule has 146 valence electrons. The molecular weight excluding hydrogens is 383 g/mol. The summed E-state index contributed by atoms with van der Waals surface area (Å²) in [6.45, 7) is -0.478. The predicted octanol–water partition coefficient (Wildman–Crippen LogP) is 3.98. The number of benzene rings is 1. The Bertz CT molecular complexity index is 946. The van der Waals surface area contributed by atoms with Crippen molar-refractivity contribution in [3.8, 4) is 11.5 Å². The molecule has 5 nitrogen and oxygen atoms in total. The highest BCUT2D eigenvalue weighted by Gasteiger charge is 2.34. The number of halogens is 5. The van der Waals surface area contributed by atoms with Crippen LogP contribution in [0.2, 0.25) is 0 Å². The fourth-order valence-electron chi connectivity index (χ4n) is 2.42. The zero-order valence-electron chi connectivity index (χ0n) is 14.1. The first-order valence-corrected chi connectivity index (χ1v) is 7.99. The quantitative estimate of drug-likeness (QED) is 0.639. The number of rotatable bonds is 5. The molecule has 0 amide bonds. The minimum Gasteiger partial charge on any atom is -0.386 e. The van der Waals surface area contributed by atoms with Crippen molar-refractivity contribution in [3.63, 3.8) is 0 Å². The summed E-state index contributed by atoms with van der Waals surface area (Å²) in [6.07, 6.45) is -5.03. The third-order valence-corrected chi connectivity index (χ3v) is 3.72. The smallest absolute Gasteiger partial charge is 0.386 e. The summed E-state index contributed by atoms with van der Waals surface area (Å²) >= 11 is 0. The van der Waals surface area contributed by atoms with E-state index in [1.807, 2.05) is 0 Å². The Morgan fingerprint density at radius 1 is 1.00 bits per heavy atom. The predicted molar refractivity (Wildman–Crippen MR) is 90.1 cm³/mol. The maximum atomic E-state index is 13.7. The lowest BCUT2D eigenvalue weighted by molar-refractivity contribution is -0.141. The van der Waals surface area contributed by atoms with Crippen molar-refractivity contribution in [2.24, 2.45) is 0 Å². The highest BCUT2D eigenvalue weighted by molar-refractivity contribution is 5.53. The van der Waals surface area contributed by atoms with Gasteiger partial charge in [0.1, 0.15) is 29.3 Å². The third kappa shape index (κ3) is 4.39. The van der Waals surface area contributed by atoms with Crippen molar-refractivity contribution in [2.75, 3.05) is 11.9 Å². The lowest BCUT2D eigenvalue weighted by Gasteiger charge is -2.15. The topological polar surface area (TPSA) is 70.9 Å². The second-order valence-electron chi connectivity index (χ2n) is 5.71.